The van der Waals surface area contributed by atoms with Gasteiger partial charge < -0.3 is 4.90 Å². The fourth-order valence-electron chi connectivity index (χ4n) is 1.68. The number of nitrogens with zero attached hydrogens (tertiary/aromatic N) is 1. The minimum Gasteiger partial charge on any atom is -0.303 e. The van der Waals surface area contributed by atoms with E-state index in [2.05, 4.69) is 52.3 Å². The van der Waals surface area contributed by atoms with Gasteiger partial charge in [0.05, 0.1) is 0 Å². The predicted octanol–water partition coefficient (Wildman–Crippen LogP) is 3.84. The van der Waals surface area contributed by atoms with Crippen LogP contribution in [0.4, 0.5) is 0 Å². The standard InChI is InChI=1S/C13H29NS/c1-12(13(2,3)4)14(5)10-8-6-7-9-11-15/h12,15H,6-11H2,1-5H3. The van der Waals surface area contributed by atoms with Crippen LogP contribution < -0.4 is 0 Å². The summed E-state index contributed by atoms with van der Waals surface area (Å²) in [4.78, 5) is 2.49. The molecule has 0 rings (SSSR count). The van der Waals surface area contributed by atoms with E-state index in [0.717, 1.165) is 5.75 Å². The van der Waals surface area contributed by atoms with Crippen LogP contribution in [-0.4, -0.2) is 30.3 Å². The van der Waals surface area contributed by atoms with Crippen molar-refractivity contribution in [2.75, 3.05) is 19.3 Å². The SMILES string of the molecule is CC(N(C)CCCCCCS)C(C)(C)C. The summed E-state index contributed by atoms with van der Waals surface area (Å²) >= 11 is 4.22. The molecule has 0 heterocycles. The molecule has 0 spiro atoms. The number of hydrogen-bond donors (Lipinski definition) is 1. The van der Waals surface area contributed by atoms with E-state index in [1.807, 2.05) is 0 Å². The Morgan fingerprint density at radius 2 is 1.60 bits per heavy atom. The van der Waals surface area contributed by atoms with Crippen molar-refractivity contribution in [3.63, 3.8) is 0 Å². The summed E-state index contributed by atoms with van der Waals surface area (Å²) in [6, 6.07) is 0.655. The van der Waals surface area contributed by atoms with E-state index in [9.17, 15) is 0 Å². The van der Waals surface area contributed by atoms with Crippen molar-refractivity contribution in [3.05, 3.63) is 0 Å². The summed E-state index contributed by atoms with van der Waals surface area (Å²) in [6.45, 7) is 10.5. The van der Waals surface area contributed by atoms with Crippen molar-refractivity contribution in [3.8, 4) is 0 Å². The lowest BCUT2D eigenvalue weighted by atomic mass is 9.87. The van der Waals surface area contributed by atoms with Gasteiger partial charge in [0.1, 0.15) is 0 Å². The highest BCUT2D eigenvalue weighted by molar-refractivity contribution is 7.80. The molecule has 0 aliphatic heterocycles. The summed E-state index contributed by atoms with van der Waals surface area (Å²) in [7, 11) is 2.24. The van der Waals surface area contributed by atoms with Gasteiger partial charge in [0.25, 0.3) is 0 Å². The van der Waals surface area contributed by atoms with E-state index in [1.165, 1.54) is 32.2 Å². The molecule has 1 atom stereocenters. The van der Waals surface area contributed by atoms with Crippen LogP contribution in [0.15, 0.2) is 0 Å². The van der Waals surface area contributed by atoms with Crippen molar-refractivity contribution in [1.82, 2.24) is 4.90 Å². The second-order valence-electron chi connectivity index (χ2n) is 5.66. The Balaban J connectivity index is 3.60. The Morgan fingerprint density at radius 1 is 1.07 bits per heavy atom. The summed E-state index contributed by atoms with van der Waals surface area (Å²) in [6.07, 6.45) is 5.27. The highest BCUT2D eigenvalue weighted by Gasteiger charge is 2.23. The topological polar surface area (TPSA) is 3.24 Å². The maximum absolute atomic E-state index is 4.22. The first-order chi connectivity index (χ1) is 6.89. The van der Waals surface area contributed by atoms with Gasteiger partial charge in [-0.1, -0.05) is 33.6 Å². The lowest BCUT2D eigenvalue weighted by Crippen LogP contribution is -2.39. The third-order valence-corrected chi connectivity index (χ3v) is 3.65. The first kappa shape index (κ1) is 15.3. The minimum absolute atomic E-state index is 0.389. The normalized spacial score (nSPS) is 14.6. The fourth-order valence-corrected chi connectivity index (χ4v) is 1.90. The maximum Gasteiger partial charge on any atom is 0.0112 e. The molecule has 0 saturated carbocycles. The second kappa shape index (κ2) is 7.56. The van der Waals surface area contributed by atoms with Crippen LogP contribution in [0, 0.1) is 5.41 Å². The molecule has 0 aromatic rings. The molecule has 0 N–H and O–H groups in total. The lowest BCUT2D eigenvalue weighted by molar-refractivity contribution is 0.139. The Hall–Kier alpha value is 0.310. The summed E-state index contributed by atoms with van der Waals surface area (Å²) < 4.78 is 0. The second-order valence-corrected chi connectivity index (χ2v) is 6.11. The van der Waals surface area contributed by atoms with Crippen LogP contribution in [0.3, 0.4) is 0 Å². The molecule has 0 fully saturated rings. The van der Waals surface area contributed by atoms with E-state index < -0.39 is 0 Å². The fraction of sp³-hybridized carbons (Fsp3) is 1.00. The van der Waals surface area contributed by atoms with Gasteiger partial charge in [-0.3, -0.25) is 0 Å². The number of thiol groups is 1. The highest BCUT2D eigenvalue weighted by atomic mass is 32.1. The zero-order chi connectivity index (χ0) is 11.9. The molecule has 0 aliphatic carbocycles. The van der Waals surface area contributed by atoms with Crippen LogP contribution >= 0.6 is 12.6 Å². The van der Waals surface area contributed by atoms with E-state index >= 15 is 0 Å². The first-order valence-corrected chi connectivity index (χ1v) is 6.84. The molecule has 0 aromatic carbocycles. The van der Waals surface area contributed by atoms with Crippen LogP contribution in [0.1, 0.15) is 53.4 Å². The van der Waals surface area contributed by atoms with Crippen LogP contribution in [0.5, 0.6) is 0 Å². The van der Waals surface area contributed by atoms with Gasteiger partial charge in [-0.15, -0.1) is 0 Å². The van der Waals surface area contributed by atoms with Crippen LogP contribution in [-0.2, 0) is 0 Å². The molecule has 0 aromatic heterocycles. The summed E-state index contributed by atoms with van der Waals surface area (Å²) in [5.74, 6) is 1.04. The van der Waals surface area contributed by atoms with Gasteiger partial charge in [0.2, 0.25) is 0 Å². The van der Waals surface area contributed by atoms with Gasteiger partial charge in [-0.05, 0) is 44.5 Å². The van der Waals surface area contributed by atoms with E-state index in [-0.39, 0.29) is 0 Å². The molecule has 0 bridgehead atoms. The molecule has 1 unspecified atom stereocenters. The number of hydrogen-bond acceptors (Lipinski definition) is 2. The molecule has 0 saturated heterocycles. The Morgan fingerprint density at radius 3 is 2.07 bits per heavy atom. The van der Waals surface area contributed by atoms with Crippen molar-refractivity contribution in [2.45, 2.75) is 59.4 Å². The first-order valence-electron chi connectivity index (χ1n) is 6.20. The molecule has 92 valence electrons. The van der Waals surface area contributed by atoms with E-state index in [0.29, 0.717) is 11.5 Å². The minimum atomic E-state index is 0.389. The Bertz CT molecular complexity index is 151. The zero-order valence-electron chi connectivity index (χ0n) is 11.2. The van der Waals surface area contributed by atoms with Crippen LogP contribution in [0.2, 0.25) is 0 Å². The number of unbranched alkanes of at least 4 members (excludes halogenated alkanes) is 3. The van der Waals surface area contributed by atoms with Crippen LogP contribution in [0.25, 0.3) is 0 Å². The quantitative estimate of drug-likeness (QED) is 0.514. The average molecular weight is 231 g/mol. The monoisotopic (exact) mass is 231 g/mol. The largest absolute Gasteiger partial charge is 0.303 e. The van der Waals surface area contributed by atoms with Gasteiger partial charge >= 0.3 is 0 Å². The van der Waals surface area contributed by atoms with Crippen molar-refractivity contribution in [1.29, 1.82) is 0 Å². The molecule has 2 heteroatoms. The molecule has 0 aliphatic rings. The van der Waals surface area contributed by atoms with Gasteiger partial charge in [0, 0.05) is 6.04 Å². The van der Waals surface area contributed by atoms with Crippen molar-refractivity contribution >= 4 is 12.6 Å². The summed E-state index contributed by atoms with van der Waals surface area (Å²) in [5, 5.41) is 0. The van der Waals surface area contributed by atoms with Gasteiger partial charge in [-0.25, -0.2) is 0 Å². The summed E-state index contributed by atoms with van der Waals surface area (Å²) in [5.41, 5.74) is 0.389. The third kappa shape index (κ3) is 7.24. The maximum atomic E-state index is 4.22. The Kier molecular flexibility index (Phi) is 7.72. The molecule has 0 radical (unpaired) electrons. The molecule has 1 nitrogen and oxygen atoms in total. The smallest absolute Gasteiger partial charge is 0.0112 e. The number of rotatable bonds is 7. The Labute approximate surface area is 102 Å². The molecular weight excluding hydrogens is 202 g/mol. The predicted molar refractivity (Wildman–Crippen MR) is 73.9 cm³/mol. The molecular formula is C13H29NS. The lowest BCUT2D eigenvalue weighted by Gasteiger charge is -2.35. The van der Waals surface area contributed by atoms with Crippen molar-refractivity contribution in [2.24, 2.45) is 5.41 Å². The molecule has 0 amide bonds. The van der Waals surface area contributed by atoms with Gasteiger partial charge in [0.15, 0.2) is 0 Å². The van der Waals surface area contributed by atoms with Gasteiger partial charge in [-0.2, -0.15) is 12.6 Å². The van der Waals surface area contributed by atoms with Crippen molar-refractivity contribution < 1.29 is 0 Å². The average Bonchev–Trinajstić information content (AvgIpc) is 2.14. The zero-order valence-corrected chi connectivity index (χ0v) is 12.1. The highest BCUT2D eigenvalue weighted by Crippen LogP contribution is 2.23. The van der Waals surface area contributed by atoms with E-state index in [4.69, 9.17) is 0 Å². The third-order valence-electron chi connectivity index (χ3n) is 3.33. The van der Waals surface area contributed by atoms with E-state index in [1.54, 1.807) is 0 Å². The molecule has 15 heavy (non-hydrogen) atoms.